The van der Waals surface area contributed by atoms with Crippen molar-refractivity contribution in [3.05, 3.63) is 80.4 Å². The van der Waals surface area contributed by atoms with Crippen molar-refractivity contribution in [3.8, 4) is 5.75 Å². The number of aromatic nitrogens is 2. The zero-order valence-corrected chi connectivity index (χ0v) is 19.8. The number of hydrogen-bond acceptors (Lipinski definition) is 6. The van der Waals surface area contributed by atoms with Gasteiger partial charge in [0.1, 0.15) is 10.4 Å². The molecule has 0 aliphatic heterocycles. The lowest BCUT2D eigenvalue weighted by Crippen LogP contribution is -2.24. The molecule has 2 heterocycles. The van der Waals surface area contributed by atoms with Crippen LogP contribution in [0.4, 0.5) is 5.69 Å². The summed E-state index contributed by atoms with van der Waals surface area (Å²) in [6, 6.07) is 14.7. The second kappa shape index (κ2) is 9.77. The summed E-state index contributed by atoms with van der Waals surface area (Å²) < 4.78 is 7.50. The number of fused-ring (bicyclic) bond motifs is 1. The van der Waals surface area contributed by atoms with E-state index in [0.29, 0.717) is 38.4 Å². The highest BCUT2D eigenvalue weighted by Gasteiger charge is 2.15. The number of thioether (sulfide) groups is 1. The molecule has 0 aliphatic rings. The number of aryl methyl sites for hydroxylation is 1. The molecule has 164 valence electrons. The highest BCUT2D eigenvalue weighted by atomic mass is 35.5. The Labute approximate surface area is 198 Å². The van der Waals surface area contributed by atoms with Crippen LogP contribution >= 0.6 is 34.7 Å². The van der Waals surface area contributed by atoms with E-state index in [1.165, 1.54) is 23.1 Å². The standard InChI is InChI=1S/C23H20ClN3O3S2/c1-14-6-7-16(24)11-19(14)25-20(28)13-32-23-26-18-8-9-31-21(18)22(29)27(23)12-15-4-3-5-17(10-15)30-2/h3-11H,12-13H2,1-2H3,(H,25,28). The van der Waals surface area contributed by atoms with Crippen LogP contribution in [-0.2, 0) is 11.3 Å². The zero-order valence-electron chi connectivity index (χ0n) is 17.4. The Morgan fingerprint density at radius 1 is 1.25 bits per heavy atom. The number of hydrogen-bond donors (Lipinski definition) is 1. The third kappa shape index (κ3) is 4.98. The van der Waals surface area contributed by atoms with Gasteiger partial charge in [-0.3, -0.25) is 14.2 Å². The van der Waals surface area contributed by atoms with Crippen LogP contribution in [0.25, 0.3) is 10.2 Å². The van der Waals surface area contributed by atoms with Gasteiger partial charge in [-0.1, -0.05) is 41.6 Å². The first-order valence-electron chi connectivity index (χ1n) is 9.74. The molecule has 1 amide bonds. The lowest BCUT2D eigenvalue weighted by atomic mass is 10.2. The largest absolute Gasteiger partial charge is 0.497 e. The molecule has 1 N–H and O–H groups in total. The molecule has 0 radical (unpaired) electrons. The summed E-state index contributed by atoms with van der Waals surface area (Å²) in [5.74, 6) is 0.616. The van der Waals surface area contributed by atoms with Crippen LogP contribution in [0.3, 0.4) is 0 Å². The van der Waals surface area contributed by atoms with Crippen LogP contribution in [0, 0.1) is 6.92 Å². The Balaban J connectivity index is 1.59. The number of amides is 1. The van der Waals surface area contributed by atoms with E-state index in [1.807, 2.05) is 48.7 Å². The predicted molar refractivity (Wildman–Crippen MR) is 132 cm³/mol. The highest BCUT2D eigenvalue weighted by molar-refractivity contribution is 7.99. The Morgan fingerprint density at radius 2 is 2.09 bits per heavy atom. The highest BCUT2D eigenvalue weighted by Crippen LogP contribution is 2.24. The van der Waals surface area contributed by atoms with E-state index < -0.39 is 0 Å². The molecule has 0 spiro atoms. The number of nitrogens with one attached hydrogen (secondary N) is 1. The van der Waals surface area contributed by atoms with Gasteiger partial charge in [-0.15, -0.1) is 11.3 Å². The summed E-state index contributed by atoms with van der Waals surface area (Å²) in [4.78, 5) is 30.4. The number of carbonyl (C=O) groups is 1. The first-order valence-corrected chi connectivity index (χ1v) is 12.0. The minimum atomic E-state index is -0.201. The van der Waals surface area contributed by atoms with E-state index >= 15 is 0 Å². The summed E-state index contributed by atoms with van der Waals surface area (Å²) in [6.07, 6.45) is 0. The summed E-state index contributed by atoms with van der Waals surface area (Å²) in [5.41, 5.74) is 3.00. The maximum absolute atomic E-state index is 13.2. The van der Waals surface area contributed by atoms with Gasteiger partial charge in [-0.2, -0.15) is 0 Å². The van der Waals surface area contributed by atoms with Gasteiger partial charge < -0.3 is 10.1 Å². The summed E-state index contributed by atoms with van der Waals surface area (Å²) >= 11 is 8.63. The summed E-state index contributed by atoms with van der Waals surface area (Å²) in [7, 11) is 1.60. The monoisotopic (exact) mass is 485 g/mol. The normalized spacial score (nSPS) is 11.0. The van der Waals surface area contributed by atoms with E-state index in [4.69, 9.17) is 16.3 Å². The SMILES string of the molecule is COc1cccc(Cn2c(SCC(=O)Nc3cc(Cl)ccc3C)nc3ccsc3c2=O)c1. The molecule has 0 saturated carbocycles. The number of anilines is 1. The molecule has 2 aromatic carbocycles. The van der Waals surface area contributed by atoms with Gasteiger partial charge in [0.25, 0.3) is 5.56 Å². The van der Waals surface area contributed by atoms with E-state index in [9.17, 15) is 9.59 Å². The fourth-order valence-corrected chi connectivity index (χ4v) is 4.92. The fraction of sp³-hybridized carbons (Fsp3) is 0.174. The fourth-order valence-electron chi connectivity index (χ4n) is 3.17. The number of halogens is 1. The minimum absolute atomic E-state index is 0.103. The van der Waals surface area contributed by atoms with Gasteiger partial charge in [0.05, 0.1) is 24.9 Å². The van der Waals surface area contributed by atoms with Crippen molar-refractivity contribution < 1.29 is 9.53 Å². The van der Waals surface area contributed by atoms with Crippen molar-refractivity contribution in [3.63, 3.8) is 0 Å². The number of thiophene rings is 1. The van der Waals surface area contributed by atoms with Crippen molar-refractivity contribution in [2.75, 3.05) is 18.2 Å². The predicted octanol–water partition coefficient (Wildman–Crippen LogP) is 5.21. The minimum Gasteiger partial charge on any atom is -0.497 e. The average molecular weight is 486 g/mol. The quantitative estimate of drug-likeness (QED) is 0.287. The Kier molecular flexibility index (Phi) is 6.83. The van der Waals surface area contributed by atoms with Crippen LogP contribution in [0.2, 0.25) is 5.02 Å². The van der Waals surface area contributed by atoms with Crippen LogP contribution < -0.4 is 15.6 Å². The Hall–Kier alpha value is -2.81. The molecule has 0 unspecified atom stereocenters. The van der Waals surface area contributed by atoms with Crippen molar-refractivity contribution in [2.24, 2.45) is 0 Å². The smallest absolute Gasteiger partial charge is 0.272 e. The van der Waals surface area contributed by atoms with Crippen molar-refractivity contribution in [1.29, 1.82) is 0 Å². The van der Waals surface area contributed by atoms with Crippen LogP contribution in [0.15, 0.2) is 63.9 Å². The first kappa shape index (κ1) is 22.4. The van der Waals surface area contributed by atoms with E-state index in [-0.39, 0.29) is 17.2 Å². The second-order valence-electron chi connectivity index (χ2n) is 7.07. The summed E-state index contributed by atoms with van der Waals surface area (Å²) in [5, 5.41) is 5.76. The van der Waals surface area contributed by atoms with Crippen LogP contribution in [-0.4, -0.2) is 28.3 Å². The molecule has 4 rings (SSSR count). The van der Waals surface area contributed by atoms with E-state index in [1.54, 1.807) is 23.8 Å². The molecule has 0 bridgehead atoms. The van der Waals surface area contributed by atoms with Gasteiger partial charge >= 0.3 is 0 Å². The van der Waals surface area contributed by atoms with Gasteiger partial charge in [-0.05, 0) is 53.8 Å². The van der Waals surface area contributed by atoms with Gasteiger partial charge in [0.15, 0.2) is 5.16 Å². The third-order valence-corrected chi connectivity index (χ3v) is 6.91. The lowest BCUT2D eigenvalue weighted by molar-refractivity contribution is -0.113. The maximum Gasteiger partial charge on any atom is 0.272 e. The first-order chi connectivity index (χ1) is 15.4. The van der Waals surface area contributed by atoms with Crippen LogP contribution in [0.5, 0.6) is 5.75 Å². The Bertz CT molecular complexity index is 1350. The van der Waals surface area contributed by atoms with Crippen LogP contribution in [0.1, 0.15) is 11.1 Å². The number of nitrogens with zero attached hydrogens (tertiary/aromatic N) is 2. The number of methoxy groups -OCH3 is 1. The Morgan fingerprint density at radius 3 is 2.91 bits per heavy atom. The molecule has 6 nitrogen and oxygen atoms in total. The molecule has 4 aromatic rings. The van der Waals surface area contributed by atoms with Crippen molar-refractivity contribution >= 4 is 56.5 Å². The van der Waals surface area contributed by atoms with Gasteiger partial charge in [0, 0.05) is 10.7 Å². The topological polar surface area (TPSA) is 73.2 Å². The number of rotatable bonds is 7. The molecular formula is C23H20ClN3O3S2. The average Bonchev–Trinajstić information content (AvgIpc) is 3.26. The van der Waals surface area contributed by atoms with Gasteiger partial charge in [-0.25, -0.2) is 4.98 Å². The van der Waals surface area contributed by atoms with Crippen molar-refractivity contribution in [2.45, 2.75) is 18.6 Å². The zero-order chi connectivity index (χ0) is 22.7. The lowest BCUT2D eigenvalue weighted by Gasteiger charge is -2.13. The molecule has 9 heteroatoms. The number of carbonyl (C=O) groups excluding carboxylic acids is 1. The molecule has 0 fully saturated rings. The molecule has 0 aliphatic carbocycles. The van der Waals surface area contributed by atoms with Crippen molar-refractivity contribution in [1.82, 2.24) is 9.55 Å². The molecular weight excluding hydrogens is 466 g/mol. The molecule has 0 saturated heterocycles. The molecule has 0 atom stereocenters. The second-order valence-corrected chi connectivity index (χ2v) is 9.36. The van der Waals surface area contributed by atoms with E-state index in [0.717, 1.165) is 11.1 Å². The summed E-state index contributed by atoms with van der Waals surface area (Å²) in [6.45, 7) is 2.23. The van der Waals surface area contributed by atoms with E-state index in [2.05, 4.69) is 10.3 Å². The number of ether oxygens (including phenoxy) is 1. The number of benzene rings is 2. The third-order valence-electron chi connectivity index (χ3n) is 4.81. The molecule has 32 heavy (non-hydrogen) atoms. The molecule has 2 aromatic heterocycles. The maximum atomic E-state index is 13.2. The van der Waals surface area contributed by atoms with Gasteiger partial charge in [0.2, 0.25) is 5.91 Å².